The second-order valence-electron chi connectivity index (χ2n) is 8.83. The average molecular weight is 466 g/mol. The number of hydrogen-bond donors (Lipinski definition) is 1. The van der Waals surface area contributed by atoms with E-state index >= 15 is 0 Å². The molecule has 7 heteroatoms. The lowest BCUT2D eigenvalue weighted by atomic mass is 10.1. The van der Waals surface area contributed by atoms with E-state index in [1.54, 1.807) is 19.3 Å². The van der Waals surface area contributed by atoms with Crippen LogP contribution in [0.4, 0.5) is 5.69 Å². The fourth-order valence-corrected chi connectivity index (χ4v) is 3.93. The molecule has 1 aliphatic heterocycles. The molecule has 2 aromatic carbocycles. The van der Waals surface area contributed by atoms with Gasteiger partial charge in [0, 0.05) is 37.9 Å². The first-order valence-corrected chi connectivity index (χ1v) is 11.7. The van der Waals surface area contributed by atoms with Crippen LogP contribution in [-0.2, 0) is 9.59 Å². The number of nitrogens with one attached hydrogen (secondary N) is 1. The maximum Gasteiger partial charge on any atom is 0.246 e. The third-order valence-electron chi connectivity index (χ3n) is 5.77. The third kappa shape index (κ3) is 6.84. The first-order chi connectivity index (χ1) is 16.3. The maximum absolute atomic E-state index is 12.7. The average Bonchev–Trinajstić information content (AvgIpc) is 2.80. The number of ether oxygens (including phenoxy) is 2. The van der Waals surface area contributed by atoms with Crippen LogP contribution < -0.4 is 14.8 Å². The minimum atomic E-state index is -0.0406. The molecule has 0 aromatic heterocycles. The van der Waals surface area contributed by atoms with Gasteiger partial charge < -0.3 is 19.7 Å². The van der Waals surface area contributed by atoms with Gasteiger partial charge in [0.2, 0.25) is 11.8 Å². The molecule has 1 aliphatic rings. The number of rotatable bonds is 8. The van der Waals surface area contributed by atoms with Crippen LogP contribution in [0.3, 0.4) is 0 Å². The van der Waals surface area contributed by atoms with Gasteiger partial charge in [-0.25, -0.2) is 0 Å². The van der Waals surface area contributed by atoms with Crippen molar-refractivity contribution in [2.24, 2.45) is 0 Å². The van der Waals surface area contributed by atoms with Crippen molar-refractivity contribution in [2.45, 2.75) is 33.8 Å². The summed E-state index contributed by atoms with van der Waals surface area (Å²) < 4.78 is 11.1. The van der Waals surface area contributed by atoms with Gasteiger partial charge in [0.05, 0.1) is 19.8 Å². The number of methoxy groups -OCH3 is 1. The van der Waals surface area contributed by atoms with Crippen molar-refractivity contribution in [3.8, 4) is 11.5 Å². The first kappa shape index (κ1) is 25.3. The minimum absolute atomic E-state index is 0.0316. The van der Waals surface area contributed by atoms with Gasteiger partial charge in [0.25, 0.3) is 0 Å². The van der Waals surface area contributed by atoms with Gasteiger partial charge in [-0.05, 0) is 62.6 Å². The quantitative estimate of drug-likeness (QED) is 0.599. The van der Waals surface area contributed by atoms with Crippen LogP contribution in [0.2, 0.25) is 0 Å². The van der Waals surface area contributed by atoms with Crippen LogP contribution in [-0.4, -0.2) is 67.6 Å². The number of hydrogen-bond acceptors (Lipinski definition) is 5. The Balaban J connectivity index is 1.50. The molecule has 7 nitrogen and oxygen atoms in total. The van der Waals surface area contributed by atoms with E-state index in [9.17, 15) is 9.59 Å². The Morgan fingerprint density at radius 3 is 2.32 bits per heavy atom. The minimum Gasteiger partial charge on any atom is -0.493 e. The van der Waals surface area contributed by atoms with Gasteiger partial charge in [0.15, 0.2) is 11.5 Å². The van der Waals surface area contributed by atoms with Gasteiger partial charge in [-0.2, -0.15) is 0 Å². The number of piperazine rings is 1. The van der Waals surface area contributed by atoms with E-state index in [4.69, 9.17) is 9.47 Å². The highest BCUT2D eigenvalue weighted by Gasteiger charge is 2.21. The lowest BCUT2D eigenvalue weighted by molar-refractivity contribution is -0.127. The molecule has 0 bridgehead atoms. The summed E-state index contributed by atoms with van der Waals surface area (Å²) in [6, 6.07) is 11.6. The molecule has 0 unspecified atom stereocenters. The number of nitrogens with zero attached hydrogens (tertiary/aromatic N) is 2. The number of anilines is 1. The van der Waals surface area contributed by atoms with Gasteiger partial charge in [-0.1, -0.05) is 24.3 Å². The Kier molecular flexibility index (Phi) is 8.71. The molecule has 1 heterocycles. The van der Waals surface area contributed by atoms with E-state index in [0.29, 0.717) is 44.2 Å². The van der Waals surface area contributed by atoms with E-state index in [0.717, 1.165) is 22.4 Å². The third-order valence-corrected chi connectivity index (χ3v) is 5.77. The van der Waals surface area contributed by atoms with Gasteiger partial charge in [0.1, 0.15) is 0 Å². The predicted molar refractivity (Wildman–Crippen MR) is 135 cm³/mol. The molecule has 34 heavy (non-hydrogen) atoms. The van der Waals surface area contributed by atoms with Crippen molar-refractivity contribution < 1.29 is 19.1 Å². The summed E-state index contributed by atoms with van der Waals surface area (Å²) in [7, 11) is 1.60. The SMILES string of the molecule is COc1cc(/C=C/C(=O)N2CCN(CC(=O)Nc3c(C)cccc3C)CC2)ccc1OC(C)C. The van der Waals surface area contributed by atoms with Crippen LogP contribution in [0.1, 0.15) is 30.5 Å². The summed E-state index contributed by atoms with van der Waals surface area (Å²) in [5, 5.41) is 3.03. The standard InChI is InChI=1S/C27H35N3O4/c1-19(2)34-23-11-9-22(17-24(23)33-5)10-12-26(32)30-15-13-29(14-16-30)18-25(31)28-27-20(3)7-6-8-21(27)4/h6-12,17,19H,13-16,18H2,1-5H3,(H,28,31)/b12-10+. The number of carbonyl (C=O) groups is 2. The van der Waals surface area contributed by atoms with Crippen LogP contribution in [0, 0.1) is 13.8 Å². The fourth-order valence-electron chi connectivity index (χ4n) is 3.93. The molecule has 0 atom stereocenters. The second kappa shape index (κ2) is 11.7. The Morgan fingerprint density at radius 2 is 1.71 bits per heavy atom. The highest BCUT2D eigenvalue weighted by Crippen LogP contribution is 2.29. The van der Waals surface area contributed by atoms with Crippen molar-refractivity contribution in [3.63, 3.8) is 0 Å². The Bertz CT molecular complexity index is 1020. The number of carbonyl (C=O) groups excluding carboxylic acids is 2. The summed E-state index contributed by atoms with van der Waals surface area (Å²) in [4.78, 5) is 29.1. The first-order valence-electron chi connectivity index (χ1n) is 11.7. The van der Waals surface area contributed by atoms with E-state index < -0.39 is 0 Å². The maximum atomic E-state index is 12.7. The highest BCUT2D eigenvalue weighted by atomic mass is 16.5. The molecule has 182 valence electrons. The molecular formula is C27H35N3O4. The van der Waals surface area contributed by atoms with Gasteiger partial charge in [-0.3, -0.25) is 14.5 Å². The predicted octanol–water partition coefficient (Wildman–Crippen LogP) is 3.90. The molecule has 1 N–H and O–H groups in total. The molecule has 2 amide bonds. The van der Waals surface area contributed by atoms with E-state index in [1.165, 1.54) is 0 Å². The van der Waals surface area contributed by atoms with Crippen LogP contribution in [0.25, 0.3) is 6.08 Å². The zero-order chi connectivity index (χ0) is 24.7. The van der Waals surface area contributed by atoms with Crippen molar-refractivity contribution in [2.75, 3.05) is 45.2 Å². The van der Waals surface area contributed by atoms with Gasteiger partial charge in [-0.15, -0.1) is 0 Å². The molecule has 0 radical (unpaired) electrons. The van der Waals surface area contributed by atoms with Crippen LogP contribution >= 0.6 is 0 Å². The molecule has 1 fully saturated rings. The number of amides is 2. The van der Waals surface area contributed by atoms with E-state index in [2.05, 4.69) is 10.2 Å². The zero-order valence-electron chi connectivity index (χ0n) is 20.8. The summed E-state index contributed by atoms with van der Waals surface area (Å²) in [6.45, 7) is 10.7. The lowest BCUT2D eigenvalue weighted by Gasteiger charge is -2.33. The van der Waals surface area contributed by atoms with Crippen LogP contribution in [0.5, 0.6) is 11.5 Å². The van der Waals surface area contributed by atoms with Crippen molar-refractivity contribution in [3.05, 3.63) is 59.2 Å². The number of benzene rings is 2. The highest BCUT2D eigenvalue weighted by molar-refractivity contribution is 5.94. The van der Waals surface area contributed by atoms with E-state index in [1.807, 2.05) is 69.0 Å². The molecule has 2 aromatic rings. The zero-order valence-corrected chi connectivity index (χ0v) is 20.8. The topological polar surface area (TPSA) is 71.1 Å². The van der Waals surface area contributed by atoms with Crippen molar-refractivity contribution in [1.82, 2.24) is 9.80 Å². The number of aryl methyl sites for hydroxylation is 2. The molecule has 0 saturated carbocycles. The Hall–Kier alpha value is -3.32. The molecule has 3 rings (SSSR count). The molecular weight excluding hydrogens is 430 g/mol. The second-order valence-corrected chi connectivity index (χ2v) is 8.83. The summed E-state index contributed by atoms with van der Waals surface area (Å²) in [5.74, 6) is 1.24. The Morgan fingerprint density at radius 1 is 1.03 bits per heavy atom. The monoisotopic (exact) mass is 465 g/mol. The lowest BCUT2D eigenvalue weighted by Crippen LogP contribution is -2.50. The van der Waals surface area contributed by atoms with E-state index in [-0.39, 0.29) is 17.9 Å². The van der Waals surface area contributed by atoms with Gasteiger partial charge >= 0.3 is 0 Å². The van der Waals surface area contributed by atoms with Crippen molar-refractivity contribution in [1.29, 1.82) is 0 Å². The van der Waals surface area contributed by atoms with Crippen LogP contribution in [0.15, 0.2) is 42.5 Å². The van der Waals surface area contributed by atoms with Crippen molar-refractivity contribution >= 4 is 23.6 Å². The summed E-state index contributed by atoms with van der Waals surface area (Å²) >= 11 is 0. The smallest absolute Gasteiger partial charge is 0.246 e. The fraction of sp³-hybridized carbons (Fsp3) is 0.407. The number of para-hydroxylation sites is 1. The normalized spacial score (nSPS) is 14.5. The molecule has 0 spiro atoms. The summed E-state index contributed by atoms with van der Waals surface area (Å²) in [6.07, 6.45) is 3.42. The molecule has 1 saturated heterocycles. The largest absolute Gasteiger partial charge is 0.493 e. The summed E-state index contributed by atoms with van der Waals surface area (Å²) in [5.41, 5.74) is 3.85. The molecule has 0 aliphatic carbocycles. The Labute approximate surface area is 202 Å².